The number of rotatable bonds is 7. The Labute approximate surface area is 130 Å². The molecular formula is C17H23FN2S. The van der Waals surface area contributed by atoms with Crippen molar-refractivity contribution < 1.29 is 4.39 Å². The normalized spacial score (nSPS) is 12.4. The number of thiophene rings is 1. The van der Waals surface area contributed by atoms with Gasteiger partial charge in [0.1, 0.15) is 5.82 Å². The van der Waals surface area contributed by atoms with Gasteiger partial charge in [0.25, 0.3) is 0 Å². The van der Waals surface area contributed by atoms with Crippen molar-refractivity contribution in [2.24, 2.45) is 0 Å². The van der Waals surface area contributed by atoms with Crippen LogP contribution >= 0.6 is 11.3 Å². The van der Waals surface area contributed by atoms with Crippen LogP contribution in [0.4, 0.5) is 10.1 Å². The van der Waals surface area contributed by atoms with Gasteiger partial charge in [-0.3, -0.25) is 0 Å². The fraction of sp³-hybridized carbons (Fsp3) is 0.412. The molecule has 1 unspecified atom stereocenters. The van der Waals surface area contributed by atoms with Crippen molar-refractivity contribution in [1.82, 2.24) is 5.32 Å². The van der Waals surface area contributed by atoms with Crippen LogP contribution in [0.25, 0.3) is 0 Å². The molecule has 0 fully saturated rings. The molecule has 1 aromatic carbocycles. The van der Waals surface area contributed by atoms with Crippen LogP contribution in [-0.2, 0) is 6.54 Å². The van der Waals surface area contributed by atoms with Crippen molar-refractivity contribution >= 4 is 17.0 Å². The maximum atomic E-state index is 14.3. The van der Waals surface area contributed by atoms with Crippen molar-refractivity contribution in [3.63, 3.8) is 0 Å². The number of hydrogen-bond acceptors (Lipinski definition) is 3. The Hall–Kier alpha value is -1.39. The Morgan fingerprint density at radius 3 is 2.76 bits per heavy atom. The summed E-state index contributed by atoms with van der Waals surface area (Å²) in [5, 5.41) is 5.35. The summed E-state index contributed by atoms with van der Waals surface area (Å²) in [6.45, 7) is 5.90. The van der Waals surface area contributed by atoms with Gasteiger partial charge in [-0.25, -0.2) is 4.39 Å². The first kappa shape index (κ1) is 16.0. The Bertz CT molecular complexity index is 554. The van der Waals surface area contributed by atoms with E-state index in [4.69, 9.17) is 0 Å². The van der Waals surface area contributed by atoms with Gasteiger partial charge in [-0.1, -0.05) is 19.1 Å². The minimum Gasteiger partial charge on any atom is -0.365 e. The topological polar surface area (TPSA) is 15.3 Å². The summed E-state index contributed by atoms with van der Waals surface area (Å²) in [6, 6.07) is 9.80. The monoisotopic (exact) mass is 306 g/mol. The molecule has 0 aliphatic carbocycles. The minimum absolute atomic E-state index is 0.156. The SMILES string of the molecule is CCCNCc1ccc(N(C)C(C)c2cccs2)c(F)c1. The lowest BCUT2D eigenvalue weighted by Gasteiger charge is -2.27. The molecule has 2 rings (SSSR count). The Balaban J connectivity index is 2.09. The van der Waals surface area contributed by atoms with Crippen molar-refractivity contribution in [2.45, 2.75) is 32.9 Å². The van der Waals surface area contributed by atoms with Crippen molar-refractivity contribution in [1.29, 1.82) is 0 Å². The maximum Gasteiger partial charge on any atom is 0.146 e. The Morgan fingerprint density at radius 2 is 2.14 bits per heavy atom. The van der Waals surface area contributed by atoms with E-state index in [-0.39, 0.29) is 11.9 Å². The molecule has 1 heterocycles. The molecule has 1 aromatic heterocycles. The van der Waals surface area contributed by atoms with Gasteiger partial charge in [0.2, 0.25) is 0 Å². The fourth-order valence-corrected chi connectivity index (χ4v) is 3.11. The van der Waals surface area contributed by atoms with Crippen LogP contribution in [0.5, 0.6) is 0 Å². The van der Waals surface area contributed by atoms with E-state index in [1.54, 1.807) is 17.4 Å². The number of nitrogens with zero attached hydrogens (tertiary/aromatic N) is 1. The third kappa shape index (κ3) is 4.05. The molecule has 1 N–H and O–H groups in total. The zero-order valence-electron chi connectivity index (χ0n) is 12.9. The van der Waals surface area contributed by atoms with E-state index in [0.717, 1.165) is 25.1 Å². The molecule has 2 aromatic rings. The van der Waals surface area contributed by atoms with E-state index in [1.165, 1.54) is 4.88 Å². The second kappa shape index (κ2) is 7.57. The van der Waals surface area contributed by atoms with Crippen molar-refractivity contribution in [3.8, 4) is 0 Å². The molecule has 0 spiro atoms. The molecular weight excluding hydrogens is 283 g/mol. The molecule has 0 amide bonds. The highest BCUT2D eigenvalue weighted by Crippen LogP contribution is 2.30. The molecule has 0 aliphatic rings. The van der Waals surface area contributed by atoms with Crippen LogP contribution in [0, 0.1) is 5.82 Å². The van der Waals surface area contributed by atoms with Crippen molar-refractivity contribution in [2.75, 3.05) is 18.5 Å². The van der Waals surface area contributed by atoms with E-state index in [2.05, 4.69) is 30.6 Å². The van der Waals surface area contributed by atoms with Gasteiger partial charge in [0.15, 0.2) is 0 Å². The Morgan fingerprint density at radius 1 is 1.33 bits per heavy atom. The summed E-state index contributed by atoms with van der Waals surface area (Å²) in [5.74, 6) is -0.156. The summed E-state index contributed by atoms with van der Waals surface area (Å²) in [5.41, 5.74) is 1.64. The van der Waals surface area contributed by atoms with E-state index >= 15 is 0 Å². The first-order chi connectivity index (χ1) is 10.1. The lowest BCUT2D eigenvalue weighted by atomic mass is 10.1. The zero-order chi connectivity index (χ0) is 15.2. The number of nitrogens with one attached hydrogen (secondary N) is 1. The quantitative estimate of drug-likeness (QED) is 0.753. The average Bonchev–Trinajstić information content (AvgIpc) is 3.00. The van der Waals surface area contributed by atoms with E-state index in [9.17, 15) is 4.39 Å². The zero-order valence-corrected chi connectivity index (χ0v) is 13.7. The summed E-state index contributed by atoms with van der Waals surface area (Å²) in [7, 11) is 1.94. The van der Waals surface area contributed by atoms with Gasteiger partial charge in [-0.05, 0) is 49.0 Å². The molecule has 0 bridgehead atoms. The highest BCUT2D eigenvalue weighted by Gasteiger charge is 2.16. The predicted octanol–water partition coefficient (Wildman–Crippen LogP) is 4.58. The summed E-state index contributed by atoms with van der Waals surface area (Å²) < 4.78 is 14.3. The summed E-state index contributed by atoms with van der Waals surface area (Å²) in [4.78, 5) is 3.23. The fourth-order valence-electron chi connectivity index (χ4n) is 2.28. The molecule has 1 atom stereocenters. The molecule has 0 radical (unpaired) electrons. The number of hydrogen-bond donors (Lipinski definition) is 1. The van der Waals surface area contributed by atoms with E-state index < -0.39 is 0 Å². The number of anilines is 1. The van der Waals surface area contributed by atoms with Gasteiger partial charge >= 0.3 is 0 Å². The summed E-state index contributed by atoms with van der Waals surface area (Å²) in [6.07, 6.45) is 1.08. The lowest BCUT2D eigenvalue weighted by molar-refractivity contribution is 0.606. The predicted molar refractivity (Wildman–Crippen MR) is 89.5 cm³/mol. The standard InChI is InChI=1S/C17H23FN2S/c1-4-9-19-12-14-7-8-16(15(18)11-14)20(3)13(2)17-6-5-10-21-17/h5-8,10-11,13,19H,4,9,12H2,1-3H3. The van der Waals surface area contributed by atoms with E-state index in [0.29, 0.717) is 5.69 Å². The molecule has 2 nitrogen and oxygen atoms in total. The largest absolute Gasteiger partial charge is 0.365 e. The minimum atomic E-state index is -0.156. The first-order valence-corrected chi connectivity index (χ1v) is 8.26. The van der Waals surface area contributed by atoms with Crippen LogP contribution in [0.2, 0.25) is 0 Å². The van der Waals surface area contributed by atoms with Crippen LogP contribution in [0.1, 0.15) is 36.8 Å². The average molecular weight is 306 g/mol. The van der Waals surface area contributed by atoms with Crippen LogP contribution in [-0.4, -0.2) is 13.6 Å². The second-order valence-corrected chi connectivity index (χ2v) is 6.24. The Kier molecular flexibility index (Phi) is 5.76. The molecule has 114 valence electrons. The highest BCUT2D eigenvalue weighted by molar-refractivity contribution is 7.10. The van der Waals surface area contributed by atoms with E-state index in [1.807, 2.05) is 30.1 Å². The summed E-state index contributed by atoms with van der Waals surface area (Å²) >= 11 is 1.70. The van der Waals surface area contributed by atoms with Crippen molar-refractivity contribution in [3.05, 3.63) is 52.0 Å². The smallest absolute Gasteiger partial charge is 0.146 e. The highest BCUT2D eigenvalue weighted by atomic mass is 32.1. The second-order valence-electron chi connectivity index (χ2n) is 5.26. The van der Waals surface area contributed by atoms with Crippen LogP contribution in [0.3, 0.4) is 0 Å². The molecule has 0 aliphatic heterocycles. The third-order valence-corrected chi connectivity index (χ3v) is 4.73. The molecule has 0 saturated carbocycles. The van der Waals surface area contributed by atoms with Crippen LogP contribution < -0.4 is 10.2 Å². The van der Waals surface area contributed by atoms with Gasteiger partial charge in [0, 0.05) is 18.5 Å². The van der Waals surface area contributed by atoms with Gasteiger partial charge in [-0.15, -0.1) is 11.3 Å². The molecule has 21 heavy (non-hydrogen) atoms. The lowest BCUT2D eigenvalue weighted by Crippen LogP contribution is -2.22. The van der Waals surface area contributed by atoms with Crippen LogP contribution in [0.15, 0.2) is 35.7 Å². The molecule has 0 saturated heterocycles. The van der Waals surface area contributed by atoms with Gasteiger partial charge in [-0.2, -0.15) is 0 Å². The first-order valence-electron chi connectivity index (χ1n) is 7.38. The number of benzene rings is 1. The van der Waals surface area contributed by atoms with Gasteiger partial charge < -0.3 is 10.2 Å². The third-order valence-electron chi connectivity index (χ3n) is 3.68. The van der Waals surface area contributed by atoms with Gasteiger partial charge in [0.05, 0.1) is 11.7 Å². The number of halogens is 1. The molecule has 4 heteroatoms. The maximum absolute atomic E-state index is 14.3.